The maximum absolute atomic E-state index is 14.4. The van der Waals surface area contributed by atoms with Crippen molar-refractivity contribution >= 4 is 33.8 Å². The van der Waals surface area contributed by atoms with E-state index in [1.54, 1.807) is 6.07 Å². The summed E-state index contributed by atoms with van der Waals surface area (Å²) in [4.78, 5) is 8.76. The molecule has 1 fully saturated rings. The van der Waals surface area contributed by atoms with Crippen molar-refractivity contribution in [1.82, 2.24) is 15.6 Å². The van der Waals surface area contributed by atoms with Crippen molar-refractivity contribution in [3.05, 3.63) is 82.1 Å². The minimum atomic E-state index is -0.373. The number of nitrogens with one attached hydrogen (secondary N) is 2. The van der Waals surface area contributed by atoms with Crippen LogP contribution in [0.3, 0.4) is 0 Å². The van der Waals surface area contributed by atoms with Gasteiger partial charge < -0.3 is 10.6 Å². The number of aliphatic imine (C=N–C) groups is 1. The molecule has 0 radical (unpaired) electrons. The van der Waals surface area contributed by atoms with Crippen molar-refractivity contribution in [1.29, 1.82) is 0 Å². The van der Waals surface area contributed by atoms with Crippen LogP contribution in [-0.4, -0.2) is 30.3 Å². The number of para-hydroxylation sites is 1. The molecule has 6 heteroatoms. The van der Waals surface area contributed by atoms with Gasteiger partial charge in [0.15, 0.2) is 0 Å². The van der Waals surface area contributed by atoms with Crippen LogP contribution < -0.4 is 10.6 Å². The van der Waals surface area contributed by atoms with Gasteiger partial charge in [-0.15, -0.1) is 0 Å². The maximum atomic E-state index is 14.4. The smallest absolute Gasteiger partial charge is 0.149 e. The number of pyridine rings is 1. The van der Waals surface area contributed by atoms with Gasteiger partial charge in [0.25, 0.3) is 0 Å². The third-order valence-electron chi connectivity index (χ3n) is 5.22. The maximum Gasteiger partial charge on any atom is 0.149 e. The molecule has 0 unspecified atom stereocenters. The molecule has 4 rings (SSSR count). The van der Waals surface area contributed by atoms with Gasteiger partial charge in [-0.1, -0.05) is 36.4 Å². The summed E-state index contributed by atoms with van der Waals surface area (Å²) < 4.78 is 14.4. The SMILES string of the molecule is C=C/C(=C\C(=C1NCCN1)c1c(Cl)cnc2c(F)cccc12)C1=C(C)CN=C1C. The Hall–Kier alpha value is -2.92. The Labute approximate surface area is 174 Å². The molecule has 4 nitrogen and oxygen atoms in total. The van der Waals surface area contributed by atoms with Crippen molar-refractivity contribution in [3.8, 4) is 0 Å². The van der Waals surface area contributed by atoms with Gasteiger partial charge in [0.05, 0.1) is 11.6 Å². The number of rotatable bonds is 4. The molecule has 2 aromatic rings. The van der Waals surface area contributed by atoms with E-state index < -0.39 is 0 Å². The Bertz CT molecular complexity index is 1130. The first-order valence-corrected chi connectivity index (χ1v) is 9.90. The summed E-state index contributed by atoms with van der Waals surface area (Å²) in [5.41, 5.74) is 6.11. The molecule has 148 valence electrons. The Morgan fingerprint density at radius 1 is 1.24 bits per heavy atom. The van der Waals surface area contributed by atoms with Gasteiger partial charge in [-0.2, -0.15) is 0 Å². The molecule has 0 atom stereocenters. The first-order chi connectivity index (χ1) is 14.0. The lowest BCUT2D eigenvalue weighted by Gasteiger charge is -2.16. The normalized spacial score (nSPS) is 16.8. The van der Waals surface area contributed by atoms with E-state index in [4.69, 9.17) is 11.6 Å². The summed E-state index contributed by atoms with van der Waals surface area (Å²) in [6.45, 7) is 10.4. The monoisotopic (exact) mass is 408 g/mol. The van der Waals surface area contributed by atoms with E-state index in [0.29, 0.717) is 22.5 Å². The van der Waals surface area contributed by atoms with Crippen LogP contribution in [-0.2, 0) is 0 Å². The summed E-state index contributed by atoms with van der Waals surface area (Å²) in [5.74, 6) is 0.483. The van der Waals surface area contributed by atoms with Gasteiger partial charge in [-0.3, -0.25) is 9.98 Å². The van der Waals surface area contributed by atoms with Crippen molar-refractivity contribution in [2.45, 2.75) is 13.8 Å². The quantitative estimate of drug-likeness (QED) is 0.715. The number of aromatic nitrogens is 1. The van der Waals surface area contributed by atoms with Crippen LogP contribution in [0.25, 0.3) is 16.5 Å². The van der Waals surface area contributed by atoms with E-state index in [-0.39, 0.29) is 5.82 Å². The Morgan fingerprint density at radius 3 is 2.66 bits per heavy atom. The number of fused-ring (bicyclic) bond motifs is 1. The highest BCUT2D eigenvalue weighted by atomic mass is 35.5. The van der Waals surface area contributed by atoms with Gasteiger partial charge in [-0.05, 0) is 37.1 Å². The summed E-state index contributed by atoms with van der Waals surface area (Å²) in [7, 11) is 0. The van der Waals surface area contributed by atoms with Crippen LogP contribution in [0, 0.1) is 5.82 Å². The minimum absolute atomic E-state index is 0.297. The molecule has 1 saturated heterocycles. The van der Waals surface area contributed by atoms with E-state index in [2.05, 4.69) is 34.1 Å². The topological polar surface area (TPSA) is 49.3 Å². The molecule has 0 aliphatic carbocycles. The fourth-order valence-corrected chi connectivity index (χ4v) is 4.13. The van der Waals surface area contributed by atoms with Crippen LogP contribution in [0.1, 0.15) is 19.4 Å². The molecule has 0 saturated carbocycles. The fourth-order valence-electron chi connectivity index (χ4n) is 3.88. The van der Waals surface area contributed by atoms with Crippen molar-refractivity contribution in [2.75, 3.05) is 19.6 Å². The number of allylic oxidation sites excluding steroid dienone is 5. The van der Waals surface area contributed by atoms with Gasteiger partial charge >= 0.3 is 0 Å². The molecular formula is C23H22ClFN4. The van der Waals surface area contributed by atoms with E-state index >= 15 is 0 Å². The Kier molecular flexibility index (Phi) is 5.24. The summed E-state index contributed by atoms with van der Waals surface area (Å²) in [6.07, 6.45) is 5.38. The lowest BCUT2D eigenvalue weighted by molar-refractivity contribution is 0.637. The standard InChI is InChI=1S/C23H22ClFN4/c1-4-15(20-13(2)11-28-14(20)3)10-17(23-26-8-9-27-23)21-16-6-5-7-19(25)22(16)29-12-18(21)24/h4-7,10,12,26-27H,1,8-9,11H2,2-3H3/b15-10+. The van der Waals surface area contributed by atoms with Crippen molar-refractivity contribution < 1.29 is 4.39 Å². The highest BCUT2D eigenvalue weighted by Crippen LogP contribution is 2.36. The molecule has 29 heavy (non-hydrogen) atoms. The average molecular weight is 409 g/mol. The van der Waals surface area contributed by atoms with Crippen molar-refractivity contribution in [2.24, 2.45) is 4.99 Å². The van der Waals surface area contributed by atoms with E-state index in [1.807, 2.05) is 25.1 Å². The fraction of sp³-hybridized carbons (Fsp3) is 0.217. The van der Waals surface area contributed by atoms with Crippen LogP contribution >= 0.6 is 11.6 Å². The molecule has 1 aromatic carbocycles. The van der Waals surface area contributed by atoms with Crippen molar-refractivity contribution in [3.63, 3.8) is 0 Å². The van der Waals surface area contributed by atoms with Crippen LogP contribution in [0.15, 0.2) is 70.7 Å². The summed E-state index contributed by atoms with van der Waals surface area (Å²) >= 11 is 6.61. The zero-order valence-corrected chi connectivity index (χ0v) is 17.2. The third kappa shape index (κ3) is 3.47. The highest BCUT2D eigenvalue weighted by molar-refractivity contribution is 6.33. The first kappa shape index (κ1) is 19.4. The second kappa shape index (κ2) is 7.84. The van der Waals surface area contributed by atoms with E-state index in [1.165, 1.54) is 17.8 Å². The van der Waals surface area contributed by atoms with E-state index in [0.717, 1.165) is 46.9 Å². The highest BCUT2D eigenvalue weighted by Gasteiger charge is 2.21. The molecule has 2 aliphatic rings. The number of hydrogen-bond donors (Lipinski definition) is 2. The number of benzene rings is 1. The molecule has 3 heterocycles. The van der Waals surface area contributed by atoms with Gasteiger partial charge in [-0.25, -0.2) is 4.39 Å². The van der Waals surface area contributed by atoms with E-state index in [9.17, 15) is 4.39 Å². The predicted octanol–water partition coefficient (Wildman–Crippen LogP) is 4.79. The lowest BCUT2D eigenvalue weighted by atomic mass is 9.93. The second-order valence-electron chi connectivity index (χ2n) is 7.12. The number of halogens is 2. The molecule has 1 aromatic heterocycles. The molecule has 2 N–H and O–H groups in total. The predicted molar refractivity (Wildman–Crippen MR) is 119 cm³/mol. The summed E-state index contributed by atoms with van der Waals surface area (Å²) in [5, 5.41) is 7.88. The lowest BCUT2D eigenvalue weighted by Crippen LogP contribution is -2.13. The molecular weight excluding hydrogens is 387 g/mol. The van der Waals surface area contributed by atoms with Gasteiger partial charge in [0, 0.05) is 47.1 Å². The molecule has 0 amide bonds. The van der Waals surface area contributed by atoms with Gasteiger partial charge in [0.2, 0.25) is 0 Å². The van der Waals surface area contributed by atoms with Crippen LogP contribution in [0.2, 0.25) is 5.02 Å². The Morgan fingerprint density at radius 2 is 2.00 bits per heavy atom. The van der Waals surface area contributed by atoms with Crippen LogP contribution in [0.5, 0.6) is 0 Å². The average Bonchev–Trinajstić information content (AvgIpc) is 3.35. The van der Waals surface area contributed by atoms with Gasteiger partial charge in [0.1, 0.15) is 17.2 Å². The largest absolute Gasteiger partial charge is 0.370 e. The zero-order chi connectivity index (χ0) is 20.5. The Balaban J connectivity index is 2.01. The molecule has 0 bridgehead atoms. The first-order valence-electron chi connectivity index (χ1n) is 9.52. The number of hydrogen-bond acceptors (Lipinski definition) is 4. The zero-order valence-electron chi connectivity index (χ0n) is 16.4. The number of nitrogens with zero attached hydrogens (tertiary/aromatic N) is 2. The minimum Gasteiger partial charge on any atom is -0.370 e. The second-order valence-corrected chi connectivity index (χ2v) is 7.53. The third-order valence-corrected chi connectivity index (χ3v) is 5.51. The molecule has 0 spiro atoms. The van der Waals surface area contributed by atoms with Crippen LogP contribution in [0.4, 0.5) is 4.39 Å². The molecule has 2 aliphatic heterocycles. The summed E-state index contributed by atoms with van der Waals surface area (Å²) in [6, 6.07) is 4.93.